The van der Waals surface area contributed by atoms with Gasteiger partial charge in [0.05, 0.1) is 29.6 Å². The van der Waals surface area contributed by atoms with E-state index < -0.39 is 11.7 Å². The minimum Gasteiger partial charge on any atom is -0.497 e. The fraction of sp³-hybridized carbons (Fsp3) is 0.111. The topological polar surface area (TPSA) is 51.2 Å². The number of benzene rings is 2. The van der Waals surface area contributed by atoms with Crippen LogP contribution in [0.2, 0.25) is 0 Å². The molecule has 0 radical (unpaired) electrons. The molecule has 1 amide bonds. The molecule has 1 aromatic heterocycles. The van der Waals surface area contributed by atoms with Gasteiger partial charge in [0.2, 0.25) is 0 Å². The second-order valence-electron chi connectivity index (χ2n) is 5.11. The lowest BCUT2D eigenvalue weighted by Crippen LogP contribution is -2.15. The van der Waals surface area contributed by atoms with Crippen LogP contribution >= 0.6 is 0 Å². The number of carbonyl (C=O) groups excluding carboxylic acids is 1. The van der Waals surface area contributed by atoms with Crippen molar-refractivity contribution in [1.82, 2.24) is 4.98 Å². The van der Waals surface area contributed by atoms with E-state index in [-0.39, 0.29) is 5.69 Å². The largest absolute Gasteiger partial charge is 0.497 e. The summed E-state index contributed by atoms with van der Waals surface area (Å²) in [5.74, 6) is -0.164. The monoisotopic (exact) mass is 310 g/mol. The van der Waals surface area contributed by atoms with Gasteiger partial charge in [-0.2, -0.15) is 0 Å². The van der Waals surface area contributed by atoms with Crippen molar-refractivity contribution in [1.29, 1.82) is 0 Å². The number of ether oxygens (including phenoxy) is 1. The van der Waals surface area contributed by atoms with E-state index in [9.17, 15) is 9.18 Å². The number of aromatic nitrogens is 1. The summed E-state index contributed by atoms with van der Waals surface area (Å²) in [4.78, 5) is 16.8. The van der Waals surface area contributed by atoms with Gasteiger partial charge in [-0.1, -0.05) is 12.1 Å². The predicted molar refractivity (Wildman–Crippen MR) is 87.4 cm³/mol. The van der Waals surface area contributed by atoms with Gasteiger partial charge in [0.25, 0.3) is 5.91 Å². The molecule has 0 aliphatic carbocycles. The van der Waals surface area contributed by atoms with Crippen molar-refractivity contribution in [3.05, 3.63) is 65.6 Å². The Morgan fingerprint density at radius 2 is 1.96 bits per heavy atom. The fourth-order valence-electron chi connectivity index (χ4n) is 2.35. The van der Waals surface area contributed by atoms with Crippen molar-refractivity contribution in [2.45, 2.75) is 6.92 Å². The van der Waals surface area contributed by atoms with Crippen LogP contribution in [0.25, 0.3) is 10.9 Å². The molecule has 1 heterocycles. The summed E-state index contributed by atoms with van der Waals surface area (Å²) in [5.41, 5.74) is 1.86. The molecule has 4 nitrogen and oxygen atoms in total. The molecule has 116 valence electrons. The number of hydrogen-bond donors (Lipinski definition) is 1. The van der Waals surface area contributed by atoms with Crippen molar-refractivity contribution < 1.29 is 13.9 Å². The molecule has 0 aliphatic heterocycles. The Morgan fingerprint density at radius 3 is 2.70 bits per heavy atom. The normalized spacial score (nSPS) is 10.6. The van der Waals surface area contributed by atoms with E-state index in [1.54, 1.807) is 44.4 Å². The smallest absolute Gasteiger partial charge is 0.257 e. The lowest BCUT2D eigenvalue weighted by Gasteiger charge is -2.10. The zero-order valence-corrected chi connectivity index (χ0v) is 12.8. The Hall–Kier alpha value is -2.95. The molecule has 1 N–H and O–H groups in total. The summed E-state index contributed by atoms with van der Waals surface area (Å²) in [6.07, 6.45) is 0. The van der Waals surface area contributed by atoms with Gasteiger partial charge in [-0.3, -0.25) is 9.78 Å². The van der Waals surface area contributed by atoms with Crippen LogP contribution in [0.1, 0.15) is 16.1 Å². The van der Waals surface area contributed by atoms with E-state index in [2.05, 4.69) is 10.3 Å². The number of halogens is 1. The maximum absolute atomic E-state index is 13.7. The van der Waals surface area contributed by atoms with Gasteiger partial charge in [-0.25, -0.2) is 4.39 Å². The number of hydrogen-bond acceptors (Lipinski definition) is 3. The highest BCUT2D eigenvalue weighted by Gasteiger charge is 2.14. The van der Waals surface area contributed by atoms with E-state index in [4.69, 9.17) is 4.74 Å². The van der Waals surface area contributed by atoms with Crippen molar-refractivity contribution in [3.8, 4) is 5.75 Å². The van der Waals surface area contributed by atoms with Crippen molar-refractivity contribution in [2.24, 2.45) is 0 Å². The highest BCUT2D eigenvalue weighted by atomic mass is 19.1. The summed E-state index contributed by atoms with van der Waals surface area (Å²) in [6.45, 7) is 1.75. The van der Waals surface area contributed by atoms with Crippen LogP contribution in [0.15, 0.2) is 48.5 Å². The SMILES string of the molecule is COc1ccc2cc(C(=O)Nc3ccccc3F)c(C)nc2c1. The summed E-state index contributed by atoms with van der Waals surface area (Å²) in [7, 11) is 1.59. The van der Waals surface area contributed by atoms with Crippen LogP contribution in [0.5, 0.6) is 5.75 Å². The first-order valence-corrected chi connectivity index (χ1v) is 7.10. The number of para-hydroxylation sites is 1. The van der Waals surface area contributed by atoms with Gasteiger partial charge in [-0.05, 0) is 37.3 Å². The zero-order valence-electron chi connectivity index (χ0n) is 12.8. The van der Waals surface area contributed by atoms with Gasteiger partial charge < -0.3 is 10.1 Å². The molecule has 5 heteroatoms. The third-order valence-electron chi connectivity index (χ3n) is 3.58. The molecule has 3 aromatic rings. The second-order valence-corrected chi connectivity index (χ2v) is 5.11. The maximum Gasteiger partial charge on any atom is 0.257 e. The van der Waals surface area contributed by atoms with Crippen molar-refractivity contribution >= 4 is 22.5 Å². The number of nitrogens with zero attached hydrogens (tertiary/aromatic N) is 1. The second kappa shape index (κ2) is 6.04. The standard InChI is InChI=1S/C18H15FN2O2/c1-11-14(18(22)21-16-6-4-3-5-15(16)19)9-12-7-8-13(23-2)10-17(12)20-11/h3-10H,1-2H3,(H,21,22). The predicted octanol–water partition coefficient (Wildman–Crippen LogP) is 3.94. The van der Waals surface area contributed by atoms with Gasteiger partial charge in [-0.15, -0.1) is 0 Å². The fourth-order valence-corrected chi connectivity index (χ4v) is 2.35. The van der Waals surface area contributed by atoms with E-state index in [0.717, 1.165) is 10.9 Å². The number of amides is 1. The molecule has 0 fully saturated rings. The molecule has 2 aromatic carbocycles. The number of methoxy groups -OCH3 is 1. The molecule has 0 spiro atoms. The molecular formula is C18H15FN2O2. The first kappa shape index (κ1) is 15.0. The average molecular weight is 310 g/mol. The Bertz CT molecular complexity index is 893. The Kier molecular flexibility index (Phi) is 3.93. The number of fused-ring (bicyclic) bond motifs is 1. The molecular weight excluding hydrogens is 295 g/mol. The molecule has 0 bridgehead atoms. The van der Waals surface area contributed by atoms with Crippen LogP contribution in [-0.2, 0) is 0 Å². The maximum atomic E-state index is 13.7. The van der Waals surface area contributed by atoms with Gasteiger partial charge >= 0.3 is 0 Å². The quantitative estimate of drug-likeness (QED) is 0.797. The Labute approximate surface area is 132 Å². The van der Waals surface area contributed by atoms with E-state index in [0.29, 0.717) is 17.0 Å². The summed E-state index contributed by atoms with van der Waals surface area (Å²) >= 11 is 0. The molecule has 3 rings (SSSR count). The number of nitrogens with one attached hydrogen (secondary N) is 1. The Balaban J connectivity index is 1.97. The van der Waals surface area contributed by atoms with Crippen LogP contribution in [0.3, 0.4) is 0 Å². The molecule has 0 saturated heterocycles. The van der Waals surface area contributed by atoms with Gasteiger partial charge in [0, 0.05) is 11.5 Å². The summed E-state index contributed by atoms with van der Waals surface area (Å²) in [6, 6.07) is 13.2. The third kappa shape index (κ3) is 2.99. The molecule has 23 heavy (non-hydrogen) atoms. The Morgan fingerprint density at radius 1 is 1.17 bits per heavy atom. The number of rotatable bonds is 3. The van der Waals surface area contributed by atoms with Gasteiger partial charge in [0.1, 0.15) is 11.6 Å². The number of pyridine rings is 1. The van der Waals surface area contributed by atoms with E-state index in [1.165, 1.54) is 12.1 Å². The van der Waals surface area contributed by atoms with E-state index in [1.807, 2.05) is 6.07 Å². The highest BCUT2D eigenvalue weighted by Crippen LogP contribution is 2.22. The van der Waals surface area contributed by atoms with Crippen LogP contribution in [0, 0.1) is 12.7 Å². The highest BCUT2D eigenvalue weighted by molar-refractivity contribution is 6.06. The van der Waals surface area contributed by atoms with Crippen molar-refractivity contribution in [3.63, 3.8) is 0 Å². The lowest BCUT2D eigenvalue weighted by molar-refractivity contribution is 0.102. The summed E-state index contributed by atoms with van der Waals surface area (Å²) < 4.78 is 18.8. The van der Waals surface area contributed by atoms with Crippen LogP contribution < -0.4 is 10.1 Å². The zero-order chi connectivity index (χ0) is 16.4. The third-order valence-corrected chi connectivity index (χ3v) is 3.58. The molecule has 0 saturated carbocycles. The van der Waals surface area contributed by atoms with E-state index >= 15 is 0 Å². The molecule has 0 atom stereocenters. The number of carbonyl (C=O) groups is 1. The first-order chi connectivity index (χ1) is 11.1. The van der Waals surface area contributed by atoms with Crippen LogP contribution in [-0.4, -0.2) is 18.0 Å². The number of aryl methyl sites for hydroxylation is 1. The van der Waals surface area contributed by atoms with Gasteiger partial charge in [0.15, 0.2) is 0 Å². The van der Waals surface area contributed by atoms with Crippen molar-refractivity contribution in [2.75, 3.05) is 12.4 Å². The average Bonchev–Trinajstić information content (AvgIpc) is 2.55. The minimum atomic E-state index is -0.475. The minimum absolute atomic E-state index is 0.145. The molecule has 0 aliphatic rings. The van der Waals surface area contributed by atoms with Crippen LogP contribution in [0.4, 0.5) is 10.1 Å². The number of anilines is 1. The lowest BCUT2D eigenvalue weighted by atomic mass is 10.1. The first-order valence-electron chi connectivity index (χ1n) is 7.10. The molecule has 0 unspecified atom stereocenters. The summed E-state index contributed by atoms with van der Waals surface area (Å²) in [5, 5.41) is 3.39.